The molecule has 0 atom stereocenters. The summed E-state index contributed by atoms with van der Waals surface area (Å²) in [6.07, 6.45) is 2.90. The van der Waals surface area contributed by atoms with Gasteiger partial charge in [-0.15, -0.1) is 0 Å². The molecule has 1 saturated carbocycles. The van der Waals surface area contributed by atoms with Crippen LogP contribution < -0.4 is 0 Å². The minimum Gasteiger partial charge on any atom is -0.331 e. The van der Waals surface area contributed by atoms with Crippen molar-refractivity contribution in [2.45, 2.75) is 64.2 Å². The van der Waals surface area contributed by atoms with Gasteiger partial charge >= 0.3 is 6.18 Å². The second-order valence-electron chi connectivity index (χ2n) is 8.31. The molecule has 0 N–H and O–H groups in total. The number of hydrogen-bond donors (Lipinski definition) is 0. The number of nitrogens with zero attached hydrogens (tertiary/aromatic N) is 4. The summed E-state index contributed by atoms with van der Waals surface area (Å²) >= 11 is 0. The number of imidazole rings is 1. The Hall–Kier alpha value is -2.90. The molecule has 1 aromatic carbocycles. The van der Waals surface area contributed by atoms with Gasteiger partial charge in [-0.25, -0.2) is 9.97 Å². The van der Waals surface area contributed by atoms with Crippen molar-refractivity contribution in [2.24, 2.45) is 0 Å². The van der Waals surface area contributed by atoms with E-state index in [9.17, 15) is 18.0 Å². The van der Waals surface area contributed by atoms with Crippen molar-refractivity contribution in [2.75, 3.05) is 6.54 Å². The lowest BCUT2D eigenvalue weighted by Gasteiger charge is -2.25. The van der Waals surface area contributed by atoms with Crippen molar-refractivity contribution in [1.29, 1.82) is 0 Å². The Morgan fingerprint density at radius 1 is 1.16 bits per heavy atom. The monoisotopic (exact) mass is 444 g/mol. The zero-order valence-corrected chi connectivity index (χ0v) is 18.1. The lowest BCUT2D eigenvalue weighted by Crippen LogP contribution is -2.34. The van der Waals surface area contributed by atoms with Gasteiger partial charge in [-0.3, -0.25) is 4.79 Å². The molecule has 2 heterocycles. The van der Waals surface area contributed by atoms with E-state index in [0.717, 1.165) is 49.3 Å². The van der Waals surface area contributed by atoms with Gasteiger partial charge in [-0.05, 0) is 43.5 Å². The molecular weight excluding hydrogens is 417 g/mol. The number of alkyl halides is 3. The van der Waals surface area contributed by atoms with E-state index >= 15 is 0 Å². The Labute approximate surface area is 185 Å². The highest BCUT2D eigenvalue weighted by Crippen LogP contribution is 2.35. The molecule has 0 spiro atoms. The summed E-state index contributed by atoms with van der Waals surface area (Å²) in [6, 6.07) is 8.94. The van der Waals surface area contributed by atoms with E-state index in [4.69, 9.17) is 4.98 Å². The maximum absolute atomic E-state index is 13.6. The van der Waals surface area contributed by atoms with Crippen molar-refractivity contribution < 1.29 is 18.0 Å². The van der Waals surface area contributed by atoms with Crippen LogP contribution in [0, 0.1) is 0 Å². The minimum atomic E-state index is -4.59. The fraction of sp³-hybridized carbons (Fsp3) is 0.458. The zero-order chi connectivity index (χ0) is 22.7. The van der Waals surface area contributed by atoms with Gasteiger partial charge in [0.25, 0.3) is 5.91 Å². The van der Waals surface area contributed by atoms with Crippen LogP contribution in [0.15, 0.2) is 42.6 Å². The first-order chi connectivity index (χ1) is 15.4. The third-order valence-electron chi connectivity index (χ3n) is 6.08. The van der Waals surface area contributed by atoms with E-state index in [0.29, 0.717) is 18.8 Å². The van der Waals surface area contributed by atoms with Crippen molar-refractivity contribution >= 4 is 17.1 Å². The largest absolute Gasteiger partial charge is 0.417 e. The summed E-state index contributed by atoms with van der Waals surface area (Å²) in [5, 5.41) is 0. The normalized spacial score (nSPS) is 14.9. The number of aromatic nitrogens is 3. The highest BCUT2D eigenvalue weighted by Gasteiger charge is 2.36. The lowest BCUT2D eigenvalue weighted by molar-refractivity contribution is -0.138. The van der Waals surface area contributed by atoms with E-state index in [1.807, 2.05) is 19.1 Å². The van der Waals surface area contributed by atoms with Crippen LogP contribution in [0.5, 0.6) is 0 Å². The first-order valence-electron chi connectivity index (χ1n) is 11.2. The number of halogens is 3. The fourth-order valence-electron chi connectivity index (χ4n) is 4.49. The molecule has 5 nitrogen and oxygen atoms in total. The molecule has 32 heavy (non-hydrogen) atoms. The molecule has 0 saturated heterocycles. The summed E-state index contributed by atoms with van der Waals surface area (Å²) in [6.45, 7) is 2.50. The Bertz CT molecular complexity index is 1090. The van der Waals surface area contributed by atoms with Crippen LogP contribution in [0.3, 0.4) is 0 Å². The number of fused-ring (bicyclic) bond motifs is 1. The van der Waals surface area contributed by atoms with Crippen molar-refractivity contribution in [3.05, 3.63) is 59.5 Å². The fourth-order valence-corrected chi connectivity index (χ4v) is 4.49. The topological polar surface area (TPSA) is 51.0 Å². The molecule has 3 aromatic rings. The Kier molecular flexibility index (Phi) is 6.48. The SMILES string of the molecule is CCCCN(Cc1nc2cccnc2n1C1CCCC1)C(=O)c1ccccc1C(F)(F)F. The van der Waals surface area contributed by atoms with Gasteiger partial charge < -0.3 is 9.47 Å². The standard InChI is InChI=1S/C24H27F3N4O/c1-2-3-15-30(23(32)18-11-6-7-12-19(18)24(25,26)27)16-21-29-20-13-8-14-28-22(20)31(21)17-9-4-5-10-17/h6-8,11-14,17H,2-5,9-10,15-16H2,1H3. The van der Waals surface area contributed by atoms with Crippen LogP contribution in [0.25, 0.3) is 11.2 Å². The molecule has 0 unspecified atom stereocenters. The number of hydrogen-bond acceptors (Lipinski definition) is 3. The summed E-state index contributed by atoms with van der Waals surface area (Å²) in [5.41, 5.74) is 0.288. The smallest absolute Gasteiger partial charge is 0.331 e. The van der Waals surface area contributed by atoms with Crippen LogP contribution in [0.1, 0.15) is 73.2 Å². The second-order valence-corrected chi connectivity index (χ2v) is 8.31. The predicted octanol–water partition coefficient (Wildman–Crippen LogP) is 6.01. The summed E-state index contributed by atoms with van der Waals surface area (Å²) in [7, 11) is 0. The molecule has 2 aromatic heterocycles. The van der Waals surface area contributed by atoms with Crippen molar-refractivity contribution in [1.82, 2.24) is 19.4 Å². The van der Waals surface area contributed by atoms with Gasteiger partial charge in [0.1, 0.15) is 11.3 Å². The average Bonchev–Trinajstić information content (AvgIpc) is 3.42. The molecule has 4 rings (SSSR count). The quantitative estimate of drug-likeness (QED) is 0.449. The van der Waals surface area contributed by atoms with Crippen LogP contribution in [0.2, 0.25) is 0 Å². The molecule has 170 valence electrons. The van der Waals surface area contributed by atoms with E-state index in [1.165, 1.54) is 23.1 Å². The molecule has 0 aliphatic heterocycles. The molecule has 1 aliphatic rings. The predicted molar refractivity (Wildman–Crippen MR) is 116 cm³/mol. The summed E-state index contributed by atoms with van der Waals surface area (Å²) < 4.78 is 42.8. The highest BCUT2D eigenvalue weighted by atomic mass is 19.4. The van der Waals surface area contributed by atoms with Gasteiger partial charge in [0, 0.05) is 18.8 Å². The molecule has 1 aliphatic carbocycles. The minimum absolute atomic E-state index is 0.151. The van der Waals surface area contributed by atoms with Crippen molar-refractivity contribution in [3.63, 3.8) is 0 Å². The molecule has 0 radical (unpaired) electrons. The summed E-state index contributed by atoms with van der Waals surface area (Å²) in [5.74, 6) is 0.0592. The Morgan fingerprint density at radius 3 is 2.62 bits per heavy atom. The second kappa shape index (κ2) is 9.30. The van der Waals surface area contributed by atoms with Crippen molar-refractivity contribution in [3.8, 4) is 0 Å². The number of amides is 1. The van der Waals surface area contributed by atoms with Crippen LogP contribution >= 0.6 is 0 Å². The molecular formula is C24H27F3N4O. The first kappa shape index (κ1) is 22.3. The van der Waals surface area contributed by atoms with Gasteiger partial charge in [-0.2, -0.15) is 13.2 Å². The van der Waals surface area contributed by atoms with Crippen LogP contribution in [-0.2, 0) is 12.7 Å². The Morgan fingerprint density at radius 2 is 1.91 bits per heavy atom. The van der Waals surface area contributed by atoms with Gasteiger partial charge in [0.15, 0.2) is 5.65 Å². The van der Waals surface area contributed by atoms with E-state index in [-0.39, 0.29) is 18.2 Å². The number of benzene rings is 1. The maximum Gasteiger partial charge on any atom is 0.417 e. The molecule has 8 heteroatoms. The van der Waals surface area contributed by atoms with Gasteiger partial charge in [0.05, 0.1) is 17.7 Å². The highest BCUT2D eigenvalue weighted by molar-refractivity contribution is 5.96. The zero-order valence-electron chi connectivity index (χ0n) is 18.1. The third-order valence-corrected chi connectivity index (χ3v) is 6.08. The number of rotatable bonds is 7. The maximum atomic E-state index is 13.6. The Balaban J connectivity index is 1.73. The van der Waals surface area contributed by atoms with E-state index in [1.54, 1.807) is 6.20 Å². The summed E-state index contributed by atoms with van der Waals surface area (Å²) in [4.78, 5) is 24.1. The van der Waals surface area contributed by atoms with E-state index < -0.39 is 17.6 Å². The van der Waals surface area contributed by atoms with Gasteiger partial charge in [-0.1, -0.05) is 38.3 Å². The van der Waals surface area contributed by atoms with Crippen LogP contribution in [0.4, 0.5) is 13.2 Å². The van der Waals surface area contributed by atoms with Crippen LogP contribution in [-0.4, -0.2) is 31.9 Å². The van der Waals surface area contributed by atoms with Gasteiger partial charge in [0.2, 0.25) is 0 Å². The average molecular weight is 445 g/mol. The molecule has 1 fully saturated rings. The number of carbonyl (C=O) groups excluding carboxylic acids is 1. The molecule has 1 amide bonds. The number of pyridine rings is 1. The first-order valence-corrected chi connectivity index (χ1v) is 11.2. The molecule has 0 bridgehead atoms. The number of carbonyl (C=O) groups is 1. The number of unbranched alkanes of at least 4 members (excludes halogenated alkanes) is 1. The van der Waals surface area contributed by atoms with E-state index in [2.05, 4.69) is 9.55 Å². The lowest BCUT2D eigenvalue weighted by atomic mass is 10.1. The third kappa shape index (κ3) is 4.49.